The molecule has 6 heteroatoms. The molecule has 0 radical (unpaired) electrons. The summed E-state index contributed by atoms with van der Waals surface area (Å²) in [5, 5.41) is 0. The molecular weight excluding hydrogens is 516 g/mol. The Balaban J connectivity index is 1.08. The van der Waals surface area contributed by atoms with E-state index in [0.29, 0.717) is 0 Å². The Morgan fingerprint density at radius 2 is 0.806 bits per heavy atom. The van der Waals surface area contributed by atoms with Gasteiger partial charge in [0, 0.05) is 74.4 Å². The van der Waals surface area contributed by atoms with Gasteiger partial charge in [0.2, 0.25) is 0 Å². The SMILES string of the molecule is Brc1ccc(CN2CCN(CCCN3CCN(Cc4ccc(Br)cc4)CC3)CC2)cc1. The van der Waals surface area contributed by atoms with Gasteiger partial charge in [0.1, 0.15) is 0 Å². The second kappa shape index (κ2) is 11.9. The normalized spacial score (nSPS) is 19.7. The first-order valence-corrected chi connectivity index (χ1v) is 13.1. The molecule has 0 amide bonds. The Hall–Kier alpha value is -0.760. The molecule has 0 saturated carbocycles. The van der Waals surface area contributed by atoms with Crippen LogP contribution in [-0.2, 0) is 13.1 Å². The van der Waals surface area contributed by atoms with Crippen molar-refractivity contribution in [2.45, 2.75) is 19.5 Å². The van der Waals surface area contributed by atoms with Crippen LogP contribution >= 0.6 is 31.9 Å². The van der Waals surface area contributed by atoms with Crippen LogP contribution in [0.5, 0.6) is 0 Å². The van der Waals surface area contributed by atoms with Gasteiger partial charge in [-0.25, -0.2) is 0 Å². The smallest absolute Gasteiger partial charge is 0.0234 e. The van der Waals surface area contributed by atoms with E-state index < -0.39 is 0 Å². The topological polar surface area (TPSA) is 13.0 Å². The fourth-order valence-electron chi connectivity index (χ4n) is 4.56. The average molecular weight is 550 g/mol. The van der Waals surface area contributed by atoms with E-state index in [1.54, 1.807) is 0 Å². The molecule has 2 aromatic carbocycles. The fraction of sp³-hybridized carbons (Fsp3) is 0.520. The number of halogens is 2. The zero-order chi connectivity index (χ0) is 21.5. The third-order valence-corrected chi connectivity index (χ3v) is 7.57. The van der Waals surface area contributed by atoms with E-state index in [2.05, 4.69) is 100.0 Å². The molecule has 0 bridgehead atoms. The van der Waals surface area contributed by atoms with Gasteiger partial charge in [0.15, 0.2) is 0 Å². The summed E-state index contributed by atoms with van der Waals surface area (Å²) in [6.45, 7) is 14.2. The summed E-state index contributed by atoms with van der Waals surface area (Å²) >= 11 is 7.04. The zero-order valence-corrected chi connectivity index (χ0v) is 21.5. The van der Waals surface area contributed by atoms with Crippen molar-refractivity contribution in [1.29, 1.82) is 0 Å². The van der Waals surface area contributed by atoms with Crippen molar-refractivity contribution in [2.24, 2.45) is 0 Å². The van der Waals surface area contributed by atoms with Crippen molar-refractivity contribution in [3.05, 3.63) is 68.6 Å². The quantitative estimate of drug-likeness (QED) is 0.479. The summed E-state index contributed by atoms with van der Waals surface area (Å²) in [7, 11) is 0. The molecule has 2 aliphatic rings. The van der Waals surface area contributed by atoms with Gasteiger partial charge in [0.25, 0.3) is 0 Å². The van der Waals surface area contributed by atoms with Crippen molar-refractivity contribution in [1.82, 2.24) is 19.6 Å². The highest BCUT2D eigenvalue weighted by molar-refractivity contribution is 9.10. The van der Waals surface area contributed by atoms with Gasteiger partial charge >= 0.3 is 0 Å². The van der Waals surface area contributed by atoms with E-state index >= 15 is 0 Å². The molecule has 0 N–H and O–H groups in total. The minimum atomic E-state index is 1.08. The standard InChI is InChI=1S/C25H34Br2N4/c26-24-6-2-22(3-7-24)20-30-16-12-28(13-17-30)10-1-11-29-14-18-31(19-15-29)21-23-4-8-25(27)9-5-23/h2-9H,1,10-21H2. The molecule has 4 nitrogen and oxygen atoms in total. The van der Waals surface area contributed by atoms with Gasteiger partial charge in [-0.15, -0.1) is 0 Å². The third-order valence-electron chi connectivity index (χ3n) is 6.52. The zero-order valence-electron chi connectivity index (χ0n) is 18.4. The number of benzene rings is 2. The van der Waals surface area contributed by atoms with Crippen molar-refractivity contribution in [3.8, 4) is 0 Å². The lowest BCUT2D eigenvalue weighted by Gasteiger charge is -2.36. The predicted octanol–water partition coefficient (Wildman–Crippen LogP) is 4.54. The summed E-state index contributed by atoms with van der Waals surface area (Å²) in [5.41, 5.74) is 2.83. The first kappa shape index (κ1) is 23.4. The number of nitrogens with zero attached hydrogens (tertiary/aromatic N) is 4. The fourth-order valence-corrected chi connectivity index (χ4v) is 5.08. The average Bonchev–Trinajstić information content (AvgIpc) is 2.79. The van der Waals surface area contributed by atoms with Gasteiger partial charge in [-0.2, -0.15) is 0 Å². The molecule has 2 aromatic rings. The van der Waals surface area contributed by atoms with Gasteiger partial charge in [-0.05, 0) is 54.9 Å². The van der Waals surface area contributed by atoms with Crippen LogP contribution < -0.4 is 0 Å². The lowest BCUT2D eigenvalue weighted by molar-refractivity contribution is 0.106. The summed E-state index contributed by atoms with van der Waals surface area (Å²) in [4.78, 5) is 10.5. The van der Waals surface area contributed by atoms with Crippen molar-refractivity contribution < 1.29 is 0 Å². The highest BCUT2D eigenvalue weighted by Crippen LogP contribution is 2.15. The molecule has 0 aromatic heterocycles. The molecule has 31 heavy (non-hydrogen) atoms. The highest BCUT2D eigenvalue weighted by atomic mass is 79.9. The largest absolute Gasteiger partial charge is 0.301 e. The Bertz CT molecular complexity index is 713. The van der Waals surface area contributed by atoms with Crippen LogP contribution in [0.4, 0.5) is 0 Å². The monoisotopic (exact) mass is 548 g/mol. The molecule has 2 heterocycles. The maximum atomic E-state index is 3.52. The van der Waals surface area contributed by atoms with E-state index in [1.165, 1.54) is 83.0 Å². The summed E-state index contributed by atoms with van der Waals surface area (Å²) in [6.07, 6.45) is 1.29. The van der Waals surface area contributed by atoms with Crippen LogP contribution in [0.15, 0.2) is 57.5 Å². The van der Waals surface area contributed by atoms with Crippen LogP contribution in [0.2, 0.25) is 0 Å². The summed E-state index contributed by atoms with van der Waals surface area (Å²) in [5.74, 6) is 0. The van der Waals surface area contributed by atoms with Crippen LogP contribution in [0.3, 0.4) is 0 Å². The van der Waals surface area contributed by atoms with E-state index in [0.717, 1.165) is 22.0 Å². The predicted molar refractivity (Wildman–Crippen MR) is 136 cm³/mol. The van der Waals surface area contributed by atoms with Crippen LogP contribution in [0.25, 0.3) is 0 Å². The molecule has 0 unspecified atom stereocenters. The third kappa shape index (κ3) is 7.65. The summed E-state index contributed by atoms with van der Waals surface area (Å²) in [6, 6.07) is 17.5. The molecule has 0 atom stereocenters. The number of rotatable bonds is 8. The number of hydrogen-bond donors (Lipinski definition) is 0. The molecule has 2 fully saturated rings. The van der Waals surface area contributed by atoms with Gasteiger partial charge in [-0.1, -0.05) is 56.1 Å². The minimum absolute atomic E-state index is 1.08. The van der Waals surface area contributed by atoms with Gasteiger partial charge in [0.05, 0.1) is 0 Å². The molecule has 0 aliphatic carbocycles. The first-order valence-electron chi connectivity index (χ1n) is 11.5. The van der Waals surface area contributed by atoms with Gasteiger partial charge < -0.3 is 9.80 Å². The second-order valence-corrected chi connectivity index (χ2v) is 10.7. The van der Waals surface area contributed by atoms with E-state index in [1.807, 2.05) is 0 Å². The van der Waals surface area contributed by atoms with Crippen LogP contribution in [0.1, 0.15) is 17.5 Å². The van der Waals surface area contributed by atoms with E-state index in [9.17, 15) is 0 Å². The Labute approximate surface area is 204 Å². The maximum Gasteiger partial charge on any atom is 0.0234 e. The van der Waals surface area contributed by atoms with E-state index in [4.69, 9.17) is 0 Å². The van der Waals surface area contributed by atoms with Crippen molar-refractivity contribution in [3.63, 3.8) is 0 Å². The molecule has 4 rings (SSSR count). The highest BCUT2D eigenvalue weighted by Gasteiger charge is 2.19. The Morgan fingerprint density at radius 3 is 1.16 bits per heavy atom. The maximum absolute atomic E-state index is 3.52. The lowest BCUT2D eigenvalue weighted by Crippen LogP contribution is -2.48. The minimum Gasteiger partial charge on any atom is -0.301 e. The Kier molecular flexibility index (Phi) is 8.99. The Morgan fingerprint density at radius 1 is 0.484 bits per heavy atom. The van der Waals surface area contributed by atoms with E-state index in [-0.39, 0.29) is 0 Å². The molecule has 2 aliphatic heterocycles. The molecule has 2 saturated heterocycles. The van der Waals surface area contributed by atoms with Crippen molar-refractivity contribution >= 4 is 31.9 Å². The number of piperazine rings is 2. The van der Waals surface area contributed by atoms with Crippen molar-refractivity contribution in [2.75, 3.05) is 65.4 Å². The molecule has 0 spiro atoms. The first-order chi connectivity index (χ1) is 15.1. The van der Waals surface area contributed by atoms with Crippen LogP contribution in [-0.4, -0.2) is 85.0 Å². The number of hydrogen-bond acceptors (Lipinski definition) is 4. The second-order valence-electron chi connectivity index (χ2n) is 8.84. The molecular formula is C25H34Br2N4. The lowest BCUT2D eigenvalue weighted by atomic mass is 10.2. The van der Waals surface area contributed by atoms with Crippen LogP contribution in [0, 0.1) is 0 Å². The van der Waals surface area contributed by atoms with Gasteiger partial charge in [-0.3, -0.25) is 9.80 Å². The summed E-state index contributed by atoms with van der Waals surface area (Å²) < 4.78 is 2.32. The molecule has 168 valence electrons.